The van der Waals surface area contributed by atoms with Crippen LogP contribution in [0.15, 0.2) is 0 Å². The van der Waals surface area contributed by atoms with Crippen molar-refractivity contribution in [2.75, 3.05) is 13.2 Å². The van der Waals surface area contributed by atoms with Gasteiger partial charge in [-0.05, 0) is 20.3 Å². The van der Waals surface area contributed by atoms with Gasteiger partial charge in [0.25, 0.3) is 0 Å². The van der Waals surface area contributed by atoms with Gasteiger partial charge in [-0.3, -0.25) is 9.59 Å². The Labute approximate surface area is 95.5 Å². The van der Waals surface area contributed by atoms with E-state index in [1.165, 1.54) is 6.92 Å². The zero-order valence-electron chi connectivity index (χ0n) is 9.32. The molecule has 1 heterocycles. The van der Waals surface area contributed by atoms with Gasteiger partial charge in [0.15, 0.2) is 5.78 Å². The molecule has 15 heavy (non-hydrogen) atoms. The highest BCUT2D eigenvalue weighted by atomic mass is 32.1. The number of ether oxygens (including phenoxy) is 1. The lowest BCUT2D eigenvalue weighted by atomic mass is 9.93. The minimum absolute atomic E-state index is 0.0636. The van der Waals surface area contributed by atoms with E-state index in [1.807, 2.05) is 0 Å². The minimum atomic E-state index is -0.532. The lowest BCUT2D eigenvalue weighted by Crippen LogP contribution is -2.30. The van der Waals surface area contributed by atoms with E-state index in [4.69, 9.17) is 4.74 Å². The number of carbonyl (C=O) groups is 2. The van der Waals surface area contributed by atoms with Crippen LogP contribution in [-0.4, -0.2) is 34.7 Å². The minimum Gasteiger partial charge on any atom is -0.466 e. The monoisotopic (exact) mass is 231 g/mol. The molecule has 0 saturated carbocycles. The van der Waals surface area contributed by atoms with Gasteiger partial charge in [-0.2, -0.15) is 0 Å². The van der Waals surface area contributed by atoms with Crippen molar-refractivity contribution in [2.24, 2.45) is 5.92 Å². The fourth-order valence-electron chi connectivity index (χ4n) is 1.69. The molecule has 5 heteroatoms. The van der Waals surface area contributed by atoms with Crippen molar-refractivity contribution in [3.05, 3.63) is 0 Å². The highest BCUT2D eigenvalue weighted by molar-refractivity contribution is 7.78. The molecule has 1 aliphatic rings. The van der Waals surface area contributed by atoms with E-state index in [9.17, 15) is 9.59 Å². The van der Waals surface area contributed by atoms with E-state index in [-0.39, 0.29) is 17.7 Å². The Hall–Kier alpha value is -0.550. The van der Waals surface area contributed by atoms with Crippen molar-refractivity contribution in [2.45, 2.75) is 32.7 Å². The van der Waals surface area contributed by atoms with Crippen LogP contribution in [0, 0.1) is 5.92 Å². The predicted octanol–water partition coefficient (Wildman–Crippen LogP) is 1.06. The molecule has 3 atom stereocenters. The Morgan fingerprint density at radius 3 is 2.47 bits per heavy atom. The molecule has 0 spiro atoms. The van der Waals surface area contributed by atoms with Crippen LogP contribution in [0.3, 0.4) is 0 Å². The summed E-state index contributed by atoms with van der Waals surface area (Å²) in [5.41, 5.74) is -0.532. The second-order valence-electron chi connectivity index (χ2n) is 4.00. The Kier molecular flexibility index (Phi) is 3.78. The first-order valence-corrected chi connectivity index (χ1v) is 5.48. The maximum absolute atomic E-state index is 11.4. The van der Waals surface area contributed by atoms with Gasteiger partial charge in [0.05, 0.1) is 12.5 Å². The van der Waals surface area contributed by atoms with Crippen molar-refractivity contribution < 1.29 is 14.3 Å². The van der Waals surface area contributed by atoms with Crippen LogP contribution in [0.5, 0.6) is 0 Å². The molecule has 86 valence electrons. The van der Waals surface area contributed by atoms with E-state index in [2.05, 4.69) is 12.8 Å². The average Bonchev–Trinajstić information content (AvgIpc) is 2.78. The smallest absolute Gasteiger partial charge is 0.308 e. The second kappa shape index (κ2) is 4.53. The summed E-state index contributed by atoms with van der Waals surface area (Å²) in [5, 5.41) is 0. The summed E-state index contributed by atoms with van der Waals surface area (Å²) in [4.78, 5) is 22.8. The molecular formula is C10H17NO3S. The van der Waals surface area contributed by atoms with Gasteiger partial charge in [0.2, 0.25) is 0 Å². The normalized spacial score (nSPS) is 30.8. The number of ketones is 1. The van der Waals surface area contributed by atoms with Gasteiger partial charge in [-0.15, -0.1) is 0 Å². The molecule has 0 radical (unpaired) electrons. The van der Waals surface area contributed by atoms with Gasteiger partial charge in [0.1, 0.15) is 5.54 Å². The van der Waals surface area contributed by atoms with Crippen molar-refractivity contribution in [1.29, 1.82) is 0 Å². The van der Waals surface area contributed by atoms with Crippen LogP contribution in [0.2, 0.25) is 0 Å². The van der Waals surface area contributed by atoms with Crippen molar-refractivity contribution >= 4 is 24.6 Å². The molecule has 0 aliphatic carbocycles. The maximum atomic E-state index is 11.4. The van der Waals surface area contributed by atoms with Gasteiger partial charge in [0, 0.05) is 6.54 Å². The lowest BCUT2D eigenvalue weighted by Gasteiger charge is -2.16. The molecule has 1 rings (SSSR count). The number of carbonyl (C=O) groups excluding carboxylic acids is 2. The van der Waals surface area contributed by atoms with Crippen LogP contribution < -0.4 is 0 Å². The topological polar surface area (TPSA) is 46.4 Å². The molecule has 1 aliphatic heterocycles. The molecule has 0 aromatic heterocycles. The van der Waals surface area contributed by atoms with Gasteiger partial charge in [-0.1, -0.05) is 19.7 Å². The first-order valence-electron chi connectivity index (χ1n) is 5.08. The van der Waals surface area contributed by atoms with Crippen molar-refractivity contribution in [3.63, 3.8) is 0 Å². The van der Waals surface area contributed by atoms with E-state index in [0.717, 1.165) is 0 Å². The Morgan fingerprint density at radius 1 is 1.60 bits per heavy atom. The third kappa shape index (κ3) is 2.52. The van der Waals surface area contributed by atoms with Gasteiger partial charge >= 0.3 is 5.97 Å². The zero-order chi connectivity index (χ0) is 11.6. The molecule has 0 amide bonds. The molecule has 0 aromatic carbocycles. The summed E-state index contributed by atoms with van der Waals surface area (Å²) < 4.78 is 6.57. The van der Waals surface area contributed by atoms with E-state index in [0.29, 0.717) is 19.6 Å². The number of rotatable bonds is 5. The standard InChI is InChI=1S/C10H17NO3S/c1-4-14-9(13)7(2)5-10(8(3)12)6-11(10)15/h7,15H,4-6H2,1-3H3/t7-,10-,11?/m0/s1. The number of Topliss-reactive ketones (excluding diaryl/α,β-unsaturated/α-hetero) is 1. The number of hydrogen-bond donors (Lipinski definition) is 1. The van der Waals surface area contributed by atoms with Gasteiger partial charge < -0.3 is 4.74 Å². The van der Waals surface area contributed by atoms with Crippen LogP contribution in [0.4, 0.5) is 0 Å². The summed E-state index contributed by atoms with van der Waals surface area (Å²) in [6.07, 6.45) is 0.491. The first kappa shape index (κ1) is 12.5. The fraction of sp³-hybridized carbons (Fsp3) is 0.800. The molecule has 1 unspecified atom stereocenters. The van der Waals surface area contributed by atoms with Crippen molar-refractivity contribution in [1.82, 2.24) is 4.31 Å². The third-order valence-corrected chi connectivity index (χ3v) is 3.31. The Balaban J connectivity index is 2.54. The fourth-order valence-corrected chi connectivity index (χ4v) is 2.15. The van der Waals surface area contributed by atoms with E-state index in [1.54, 1.807) is 18.2 Å². The van der Waals surface area contributed by atoms with E-state index < -0.39 is 5.54 Å². The van der Waals surface area contributed by atoms with Crippen LogP contribution >= 0.6 is 12.8 Å². The summed E-state index contributed by atoms with van der Waals surface area (Å²) in [5.74, 6) is -0.439. The summed E-state index contributed by atoms with van der Waals surface area (Å²) >= 11 is 4.15. The van der Waals surface area contributed by atoms with Crippen LogP contribution in [0.25, 0.3) is 0 Å². The average molecular weight is 231 g/mol. The largest absolute Gasteiger partial charge is 0.466 e. The van der Waals surface area contributed by atoms with Crippen LogP contribution in [-0.2, 0) is 14.3 Å². The highest BCUT2D eigenvalue weighted by Crippen LogP contribution is 2.40. The summed E-state index contributed by atoms with van der Waals surface area (Å²) in [7, 11) is 0. The second-order valence-corrected chi connectivity index (χ2v) is 4.49. The molecule has 1 fully saturated rings. The molecule has 0 bridgehead atoms. The van der Waals surface area contributed by atoms with Crippen LogP contribution in [0.1, 0.15) is 27.2 Å². The number of nitrogens with zero attached hydrogens (tertiary/aromatic N) is 1. The third-order valence-electron chi connectivity index (χ3n) is 2.79. The molecule has 0 N–H and O–H groups in total. The number of thiol groups is 1. The number of esters is 1. The zero-order valence-corrected chi connectivity index (χ0v) is 10.2. The summed E-state index contributed by atoms with van der Waals surface area (Å²) in [6, 6.07) is 0. The Morgan fingerprint density at radius 2 is 2.13 bits per heavy atom. The lowest BCUT2D eigenvalue weighted by molar-refractivity contribution is -0.148. The van der Waals surface area contributed by atoms with E-state index >= 15 is 0 Å². The van der Waals surface area contributed by atoms with Gasteiger partial charge in [-0.25, -0.2) is 4.31 Å². The predicted molar refractivity (Wildman–Crippen MR) is 59.5 cm³/mol. The molecule has 0 aromatic rings. The SMILES string of the molecule is CCOC(=O)[C@@H](C)C[C@@]1(C(C)=O)CN1S. The maximum Gasteiger partial charge on any atom is 0.308 e. The van der Waals surface area contributed by atoms with Crippen molar-refractivity contribution in [3.8, 4) is 0 Å². The Bertz CT molecular complexity index is 282. The first-order chi connectivity index (χ1) is 6.94. The summed E-state index contributed by atoms with van der Waals surface area (Å²) in [6.45, 7) is 6.08. The molecule has 4 nitrogen and oxygen atoms in total. The highest BCUT2D eigenvalue weighted by Gasteiger charge is 2.55. The number of hydrogen-bond acceptors (Lipinski definition) is 5. The quantitative estimate of drug-likeness (QED) is 0.437. The molecule has 1 saturated heterocycles. The molecular weight excluding hydrogens is 214 g/mol.